The number of nitrogens with two attached hydrogens (primary N) is 1. The van der Waals surface area contributed by atoms with Crippen molar-refractivity contribution in [3.05, 3.63) is 28.8 Å². The van der Waals surface area contributed by atoms with E-state index in [9.17, 15) is 4.39 Å². The molecule has 4 heteroatoms. The second kappa shape index (κ2) is 4.22. The van der Waals surface area contributed by atoms with E-state index in [1.54, 1.807) is 18.2 Å². The van der Waals surface area contributed by atoms with Crippen molar-refractivity contribution in [1.29, 1.82) is 0 Å². The molecule has 2 nitrogen and oxygen atoms in total. The van der Waals surface area contributed by atoms with Crippen LogP contribution in [-0.4, -0.2) is 13.2 Å². The topological polar surface area (TPSA) is 35.2 Å². The molecule has 1 aromatic rings. The van der Waals surface area contributed by atoms with Gasteiger partial charge in [-0.15, -0.1) is 0 Å². The zero-order valence-electron chi connectivity index (χ0n) is 9.17. The highest BCUT2D eigenvalue weighted by Crippen LogP contribution is 2.43. The fraction of sp³-hybridized carbons (Fsp3) is 0.500. The predicted octanol–water partition coefficient (Wildman–Crippen LogP) is 3.02. The Balaban J connectivity index is 2.33. The summed E-state index contributed by atoms with van der Waals surface area (Å²) < 4.78 is 19.7. The van der Waals surface area contributed by atoms with Gasteiger partial charge in [-0.25, -0.2) is 4.39 Å². The minimum atomic E-state index is -1.32. The highest BCUT2D eigenvalue weighted by molar-refractivity contribution is 6.32. The van der Waals surface area contributed by atoms with Gasteiger partial charge in [-0.05, 0) is 30.5 Å². The lowest BCUT2D eigenvalue weighted by molar-refractivity contribution is 0.172. The summed E-state index contributed by atoms with van der Waals surface area (Å²) >= 11 is 5.90. The van der Waals surface area contributed by atoms with Crippen molar-refractivity contribution in [2.75, 3.05) is 7.11 Å². The van der Waals surface area contributed by atoms with E-state index in [0.717, 1.165) is 6.42 Å². The first kappa shape index (κ1) is 11.7. The average molecular weight is 244 g/mol. The molecule has 0 amide bonds. The zero-order chi connectivity index (χ0) is 11.8. The van der Waals surface area contributed by atoms with Crippen molar-refractivity contribution in [3.63, 3.8) is 0 Å². The van der Waals surface area contributed by atoms with Gasteiger partial charge in [0.2, 0.25) is 0 Å². The lowest BCUT2D eigenvalue weighted by Crippen LogP contribution is -2.21. The van der Waals surface area contributed by atoms with Crippen LogP contribution in [0, 0.1) is 0 Å². The molecule has 88 valence electrons. The van der Waals surface area contributed by atoms with Crippen molar-refractivity contribution >= 4 is 11.6 Å². The van der Waals surface area contributed by atoms with Crippen LogP contribution in [0.5, 0.6) is 5.75 Å². The number of methoxy groups -OCH3 is 1. The van der Waals surface area contributed by atoms with Gasteiger partial charge in [0.05, 0.1) is 12.1 Å². The number of halogens is 2. The summed E-state index contributed by atoms with van der Waals surface area (Å²) in [6, 6.07) is 5.00. The summed E-state index contributed by atoms with van der Waals surface area (Å²) in [4.78, 5) is 0. The average Bonchev–Trinajstić information content (AvgIpc) is 2.60. The van der Waals surface area contributed by atoms with Crippen LogP contribution in [0.1, 0.15) is 24.8 Å². The van der Waals surface area contributed by atoms with Crippen LogP contribution >= 0.6 is 11.6 Å². The SMILES string of the molecule is COc1cc(C2(F)CCC(N)C2)ccc1Cl. The molecule has 0 saturated heterocycles. The van der Waals surface area contributed by atoms with E-state index >= 15 is 0 Å². The van der Waals surface area contributed by atoms with Crippen LogP contribution in [0.4, 0.5) is 4.39 Å². The molecular formula is C12H15ClFNO. The summed E-state index contributed by atoms with van der Waals surface area (Å²) in [6.45, 7) is 0. The first-order chi connectivity index (χ1) is 7.55. The summed E-state index contributed by atoms with van der Waals surface area (Å²) in [7, 11) is 1.52. The van der Waals surface area contributed by atoms with Crippen molar-refractivity contribution in [2.24, 2.45) is 5.73 Å². The number of alkyl halides is 1. The third kappa shape index (κ3) is 2.02. The number of hydrogen-bond acceptors (Lipinski definition) is 2. The van der Waals surface area contributed by atoms with Crippen LogP contribution in [0.3, 0.4) is 0 Å². The van der Waals surface area contributed by atoms with Gasteiger partial charge >= 0.3 is 0 Å². The number of hydrogen-bond donors (Lipinski definition) is 1. The molecule has 1 aromatic carbocycles. The predicted molar refractivity (Wildman–Crippen MR) is 62.6 cm³/mol. The van der Waals surface area contributed by atoms with Gasteiger partial charge in [-0.2, -0.15) is 0 Å². The molecular weight excluding hydrogens is 229 g/mol. The first-order valence-electron chi connectivity index (χ1n) is 5.34. The Bertz CT molecular complexity index is 399. The molecule has 0 aromatic heterocycles. The standard InChI is InChI=1S/C12H15ClFNO/c1-16-11-6-8(2-3-10(11)13)12(14)5-4-9(15)7-12/h2-3,6,9H,4-5,7,15H2,1H3. The lowest BCUT2D eigenvalue weighted by Gasteiger charge is -2.20. The maximum absolute atomic E-state index is 14.6. The van der Waals surface area contributed by atoms with Gasteiger partial charge in [0.25, 0.3) is 0 Å². The van der Waals surface area contributed by atoms with E-state index in [1.807, 2.05) is 0 Å². The van der Waals surface area contributed by atoms with Crippen LogP contribution in [0.25, 0.3) is 0 Å². The fourth-order valence-corrected chi connectivity index (χ4v) is 2.43. The van der Waals surface area contributed by atoms with Gasteiger partial charge in [-0.3, -0.25) is 0 Å². The van der Waals surface area contributed by atoms with Gasteiger partial charge in [0.1, 0.15) is 11.4 Å². The molecule has 0 bridgehead atoms. The van der Waals surface area contributed by atoms with E-state index in [0.29, 0.717) is 29.2 Å². The molecule has 0 heterocycles. The maximum atomic E-state index is 14.6. The molecule has 2 N–H and O–H groups in total. The van der Waals surface area contributed by atoms with Crippen LogP contribution < -0.4 is 10.5 Å². The van der Waals surface area contributed by atoms with E-state index in [2.05, 4.69) is 0 Å². The molecule has 1 aliphatic rings. The van der Waals surface area contributed by atoms with Crippen molar-refractivity contribution in [3.8, 4) is 5.75 Å². The van der Waals surface area contributed by atoms with Crippen LogP contribution in [-0.2, 0) is 5.67 Å². The molecule has 0 spiro atoms. The van der Waals surface area contributed by atoms with E-state index in [4.69, 9.17) is 22.1 Å². The van der Waals surface area contributed by atoms with E-state index in [1.165, 1.54) is 7.11 Å². The van der Waals surface area contributed by atoms with Gasteiger partial charge < -0.3 is 10.5 Å². The van der Waals surface area contributed by atoms with Crippen LogP contribution in [0.2, 0.25) is 5.02 Å². The third-order valence-corrected chi connectivity index (χ3v) is 3.48. The van der Waals surface area contributed by atoms with Crippen LogP contribution in [0.15, 0.2) is 18.2 Å². The molecule has 2 rings (SSSR count). The molecule has 1 fully saturated rings. The molecule has 1 aliphatic carbocycles. The quantitative estimate of drug-likeness (QED) is 0.867. The Morgan fingerprint density at radius 2 is 2.31 bits per heavy atom. The minimum absolute atomic E-state index is 0.0494. The number of ether oxygens (including phenoxy) is 1. The highest BCUT2D eigenvalue weighted by Gasteiger charge is 2.39. The highest BCUT2D eigenvalue weighted by atomic mass is 35.5. The normalized spacial score (nSPS) is 29.4. The van der Waals surface area contributed by atoms with E-state index < -0.39 is 5.67 Å². The number of rotatable bonds is 2. The molecule has 16 heavy (non-hydrogen) atoms. The second-order valence-electron chi connectivity index (χ2n) is 4.32. The van der Waals surface area contributed by atoms with E-state index in [-0.39, 0.29) is 6.04 Å². The lowest BCUT2D eigenvalue weighted by atomic mass is 9.94. The monoisotopic (exact) mass is 243 g/mol. The Morgan fingerprint density at radius 1 is 1.56 bits per heavy atom. The number of benzene rings is 1. The largest absolute Gasteiger partial charge is 0.495 e. The minimum Gasteiger partial charge on any atom is -0.495 e. The Kier molecular flexibility index (Phi) is 3.08. The zero-order valence-corrected chi connectivity index (χ0v) is 9.93. The molecule has 1 saturated carbocycles. The summed E-state index contributed by atoms with van der Waals surface area (Å²) in [5.74, 6) is 0.511. The van der Waals surface area contributed by atoms with Gasteiger partial charge in [0, 0.05) is 12.5 Å². The summed E-state index contributed by atoms with van der Waals surface area (Å²) in [5.41, 5.74) is 5.04. The van der Waals surface area contributed by atoms with Crippen molar-refractivity contribution in [2.45, 2.75) is 31.0 Å². The third-order valence-electron chi connectivity index (χ3n) is 3.17. The van der Waals surface area contributed by atoms with Gasteiger partial charge in [0.15, 0.2) is 0 Å². The molecule has 2 atom stereocenters. The summed E-state index contributed by atoms with van der Waals surface area (Å²) in [5, 5.41) is 0.497. The van der Waals surface area contributed by atoms with Crippen molar-refractivity contribution < 1.29 is 9.13 Å². The fourth-order valence-electron chi connectivity index (χ4n) is 2.23. The second-order valence-corrected chi connectivity index (χ2v) is 4.72. The first-order valence-corrected chi connectivity index (χ1v) is 5.71. The smallest absolute Gasteiger partial charge is 0.137 e. The van der Waals surface area contributed by atoms with Crippen molar-refractivity contribution in [1.82, 2.24) is 0 Å². The van der Waals surface area contributed by atoms with Gasteiger partial charge in [-0.1, -0.05) is 17.7 Å². The molecule has 0 radical (unpaired) electrons. The molecule has 2 unspecified atom stereocenters. The Morgan fingerprint density at radius 3 is 2.88 bits per heavy atom. The Hall–Kier alpha value is -0.800. The maximum Gasteiger partial charge on any atom is 0.137 e. The molecule has 0 aliphatic heterocycles. The summed E-state index contributed by atoms with van der Waals surface area (Å²) in [6.07, 6.45) is 1.57. The Labute approximate surface area is 99.5 Å².